The van der Waals surface area contributed by atoms with Crippen molar-refractivity contribution < 1.29 is 14.7 Å². The molecule has 0 radical (unpaired) electrons. The van der Waals surface area contributed by atoms with Crippen LogP contribution < -0.4 is 16.8 Å². The molecule has 6 N–H and O–H groups in total. The molecular weight excluding hydrogens is 246 g/mol. The van der Waals surface area contributed by atoms with Crippen molar-refractivity contribution in [3.05, 3.63) is 35.9 Å². The molecule has 1 aromatic carbocycles. The Bertz CT molecular complexity index is 422. The van der Waals surface area contributed by atoms with Crippen LogP contribution in [0.2, 0.25) is 0 Å². The lowest BCUT2D eigenvalue weighted by Crippen LogP contribution is -2.48. The van der Waals surface area contributed by atoms with Gasteiger partial charge in [0.05, 0.1) is 25.1 Å². The van der Waals surface area contributed by atoms with Crippen LogP contribution in [-0.4, -0.2) is 35.6 Å². The summed E-state index contributed by atoms with van der Waals surface area (Å²) in [7, 11) is 0. The molecule has 0 aliphatic carbocycles. The molecule has 0 bridgehead atoms. The molecular formula is C13H19N3O3. The van der Waals surface area contributed by atoms with E-state index in [9.17, 15) is 14.7 Å². The maximum Gasteiger partial charge on any atom is 0.237 e. The number of nitrogens with two attached hydrogens (primary N) is 2. The van der Waals surface area contributed by atoms with Gasteiger partial charge in [-0.25, -0.2) is 0 Å². The Morgan fingerprint density at radius 2 is 1.89 bits per heavy atom. The maximum absolute atomic E-state index is 11.7. The molecule has 1 unspecified atom stereocenters. The first-order valence-corrected chi connectivity index (χ1v) is 6.02. The summed E-state index contributed by atoms with van der Waals surface area (Å²) in [5, 5.41) is 11.9. The van der Waals surface area contributed by atoms with Crippen molar-refractivity contribution in [2.24, 2.45) is 11.5 Å². The minimum atomic E-state index is -0.984. The van der Waals surface area contributed by atoms with Crippen LogP contribution in [0.3, 0.4) is 0 Å². The summed E-state index contributed by atoms with van der Waals surface area (Å²) in [6.07, 6.45) is 0.279. The predicted molar refractivity (Wildman–Crippen MR) is 70.9 cm³/mol. The summed E-state index contributed by atoms with van der Waals surface area (Å²) >= 11 is 0. The first kappa shape index (κ1) is 15.1. The molecule has 1 rings (SSSR count). The molecule has 19 heavy (non-hydrogen) atoms. The Hall–Kier alpha value is -1.92. The van der Waals surface area contributed by atoms with E-state index < -0.39 is 23.9 Å². The van der Waals surface area contributed by atoms with Crippen molar-refractivity contribution >= 4 is 11.8 Å². The van der Waals surface area contributed by atoms with Crippen molar-refractivity contribution in [1.82, 2.24) is 5.32 Å². The predicted octanol–water partition coefficient (Wildman–Crippen LogP) is -1.09. The zero-order valence-electron chi connectivity index (χ0n) is 10.6. The Morgan fingerprint density at radius 1 is 1.26 bits per heavy atom. The van der Waals surface area contributed by atoms with Crippen LogP contribution in [0.4, 0.5) is 0 Å². The second kappa shape index (κ2) is 7.50. The van der Waals surface area contributed by atoms with Gasteiger partial charge in [-0.15, -0.1) is 0 Å². The topological polar surface area (TPSA) is 118 Å². The highest BCUT2D eigenvalue weighted by Crippen LogP contribution is 2.03. The van der Waals surface area contributed by atoms with Gasteiger partial charge in [0.2, 0.25) is 11.8 Å². The standard InChI is InChI=1S/C13H19N3O3/c14-11(7-12(15)18)13(19)16-10(8-17)6-9-4-2-1-3-5-9/h1-5,10-11,17H,6-8,14H2,(H2,15,18)(H,16,19)/t10-,11?/m0/s1. The number of amides is 2. The van der Waals surface area contributed by atoms with Gasteiger partial charge in [-0.2, -0.15) is 0 Å². The highest BCUT2D eigenvalue weighted by molar-refractivity contribution is 5.87. The summed E-state index contributed by atoms with van der Waals surface area (Å²) < 4.78 is 0. The van der Waals surface area contributed by atoms with E-state index >= 15 is 0 Å². The average molecular weight is 265 g/mol. The van der Waals surface area contributed by atoms with Crippen LogP contribution in [0.1, 0.15) is 12.0 Å². The normalized spacial score (nSPS) is 13.6. The third-order valence-corrected chi connectivity index (χ3v) is 2.65. The number of primary amides is 1. The molecule has 0 spiro atoms. The van der Waals surface area contributed by atoms with Gasteiger partial charge in [0.25, 0.3) is 0 Å². The summed E-state index contributed by atoms with van der Waals surface area (Å²) in [5.74, 6) is -1.12. The zero-order valence-corrected chi connectivity index (χ0v) is 10.6. The molecule has 0 heterocycles. The summed E-state index contributed by atoms with van der Waals surface area (Å²) in [6, 6.07) is 8.03. The Morgan fingerprint density at radius 3 is 2.42 bits per heavy atom. The summed E-state index contributed by atoms with van der Waals surface area (Å²) in [6.45, 7) is -0.204. The maximum atomic E-state index is 11.7. The van der Waals surface area contributed by atoms with E-state index in [-0.39, 0.29) is 13.0 Å². The van der Waals surface area contributed by atoms with Crippen LogP contribution in [0, 0.1) is 0 Å². The molecule has 104 valence electrons. The Labute approximate surface area is 111 Å². The molecule has 6 nitrogen and oxygen atoms in total. The molecule has 0 saturated carbocycles. The van der Waals surface area contributed by atoms with E-state index in [2.05, 4.69) is 5.32 Å². The third kappa shape index (κ3) is 5.50. The smallest absolute Gasteiger partial charge is 0.237 e. The number of nitrogens with one attached hydrogen (secondary N) is 1. The first-order valence-electron chi connectivity index (χ1n) is 6.02. The van der Waals surface area contributed by atoms with Gasteiger partial charge in [0, 0.05) is 0 Å². The fraction of sp³-hybridized carbons (Fsp3) is 0.385. The molecule has 0 aromatic heterocycles. The highest BCUT2D eigenvalue weighted by atomic mass is 16.3. The number of benzene rings is 1. The largest absolute Gasteiger partial charge is 0.394 e. The van der Waals surface area contributed by atoms with Crippen LogP contribution in [-0.2, 0) is 16.0 Å². The van der Waals surface area contributed by atoms with Crippen LogP contribution in [0.5, 0.6) is 0 Å². The van der Waals surface area contributed by atoms with Crippen molar-refractivity contribution in [2.75, 3.05) is 6.61 Å². The van der Waals surface area contributed by atoms with E-state index in [1.54, 1.807) is 0 Å². The zero-order chi connectivity index (χ0) is 14.3. The van der Waals surface area contributed by atoms with Crippen LogP contribution in [0.15, 0.2) is 30.3 Å². The molecule has 6 heteroatoms. The lowest BCUT2D eigenvalue weighted by atomic mass is 10.1. The summed E-state index contributed by atoms with van der Waals surface area (Å²) in [5.41, 5.74) is 11.5. The van der Waals surface area contributed by atoms with E-state index in [0.717, 1.165) is 5.56 Å². The monoisotopic (exact) mass is 265 g/mol. The summed E-state index contributed by atoms with van der Waals surface area (Å²) in [4.78, 5) is 22.4. The number of carbonyl (C=O) groups excluding carboxylic acids is 2. The number of aliphatic hydroxyl groups excluding tert-OH is 1. The number of carbonyl (C=O) groups is 2. The van der Waals surface area contributed by atoms with Crippen molar-refractivity contribution in [3.8, 4) is 0 Å². The van der Waals surface area contributed by atoms with Gasteiger partial charge >= 0.3 is 0 Å². The minimum Gasteiger partial charge on any atom is -0.394 e. The van der Waals surface area contributed by atoms with E-state index in [0.29, 0.717) is 6.42 Å². The van der Waals surface area contributed by atoms with Gasteiger partial charge in [-0.05, 0) is 12.0 Å². The Kier molecular flexibility index (Phi) is 5.98. The third-order valence-electron chi connectivity index (χ3n) is 2.65. The lowest BCUT2D eigenvalue weighted by molar-refractivity contribution is -0.127. The van der Waals surface area contributed by atoms with Crippen LogP contribution in [0.25, 0.3) is 0 Å². The fourth-order valence-corrected chi connectivity index (χ4v) is 1.68. The first-order chi connectivity index (χ1) is 9.02. The van der Waals surface area contributed by atoms with Crippen molar-refractivity contribution in [3.63, 3.8) is 0 Å². The highest BCUT2D eigenvalue weighted by Gasteiger charge is 2.19. The molecule has 2 atom stereocenters. The van der Waals surface area contributed by atoms with Crippen molar-refractivity contribution in [2.45, 2.75) is 24.9 Å². The van der Waals surface area contributed by atoms with E-state index in [1.165, 1.54) is 0 Å². The number of hydrogen-bond donors (Lipinski definition) is 4. The van der Waals surface area contributed by atoms with Gasteiger partial charge < -0.3 is 21.9 Å². The van der Waals surface area contributed by atoms with Gasteiger partial charge in [-0.1, -0.05) is 30.3 Å². The number of rotatable bonds is 7. The molecule has 0 fully saturated rings. The fourth-order valence-electron chi connectivity index (χ4n) is 1.68. The molecule has 1 aromatic rings. The quantitative estimate of drug-likeness (QED) is 0.501. The molecule has 2 amide bonds. The van der Waals surface area contributed by atoms with Crippen molar-refractivity contribution in [1.29, 1.82) is 0 Å². The van der Waals surface area contributed by atoms with Gasteiger partial charge in [-0.3, -0.25) is 9.59 Å². The number of hydrogen-bond acceptors (Lipinski definition) is 4. The molecule has 0 saturated heterocycles. The second-order valence-corrected chi connectivity index (χ2v) is 4.35. The Balaban J connectivity index is 2.52. The minimum absolute atomic E-state index is 0.204. The van der Waals surface area contributed by atoms with E-state index in [4.69, 9.17) is 11.5 Å². The molecule has 0 aliphatic heterocycles. The second-order valence-electron chi connectivity index (χ2n) is 4.35. The SMILES string of the molecule is NC(=O)CC(N)C(=O)N[C@H](CO)Cc1ccccc1. The average Bonchev–Trinajstić information content (AvgIpc) is 2.38. The van der Waals surface area contributed by atoms with Gasteiger partial charge in [0.1, 0.15) is 0 Å². The molecule has 0 aliphatic rings. The van der Waals surface area contributed by atoms with E-state index in [1.807, 2.05) is 30.3 Å². The lowest BCUT2D eigenvalue weighted by Gasteiger charge is -2.18. The van der Waals surface area contributed by atoms with Crippen LogP contribution >= 0.6 is 0 Å². The number of aliphatic hydroxyl groups is 1. The van der Waals surface area contributed by atoms with Gasteiger partial charge in [0.15, 0.2) is 0 Å².